The highest BCUT2D eigenvalue weighted by atomic mass is 19.4. The number of aliphatic hydroxyl groups excluding tert-OH is 1. The average molecular weight is 341 g/mol. The Bertz CT molecular complexity index is 721. The average Bonchev–Trinajstić information content (AvgIpc) is 3.03. The van der Waals surface area contributed by atoms with Gasteiger partial charge in [0.2, 0.25) is 5.91 Å². The first kappa shape index (κ1) is 15.9. The van der Waals surface area contributed by atoms with Gasteiger partial charge in [-0.15, -0.1) is 0 Å². The fraction of sp³-hybridized carbons (Fsp3) is 0.588. The van der Waals surface area contributed by atoms with E-state index in [0.717, 1.165) is 23.5 Å². The molecule has 0 aromatic heterocycles. The van der Waals surface area contributed by atoms with E-state index in [-0.39, 0.29) is 11.6 Å². The zero-order valence-electron chi connectivity index (χ0n) is 13.3. The molecule has 0 spiro atoms. The lowest BCUT2D eigenvalue weighted by Gasteiger charge is -2.32. The number of hydrogen-bond donors (Lipinski definition) is 1. The summed E-state index contributed by atoms with van der Waals surface area (Å²) in [6, 6.07) is 4.54. The Hall–Kier alpha value is -1.60. The molecule has 130 valence electrons. The lowest BCUT2D eigenvalue weighted by molar-refractivity contribution is -0.137. The van der Waals surface area contributed by atoms with Gasteiger partial charge < -0.3 is 9.84 Å². The van der Waals surface area contributed by atoms with Crippen molar-refractivity contribution < 1.29 is 27.8 Å². The third-order valence-corrected chi connectivity index (χ3v) is 5.85. The van der Waals surface area contributed by atoms with Crippen molar-refractivity contribution in [1.82, 2.24) is 0 Å². The molecule has 5 atom stereocenters. The number of anilines is 1. The molecule has 1 aromatic rings. The molecule has 3 fully saturated rings. The van der Waals surface area contributed by atoms with Crippen molar-refractivity contribution in [2.75, 3.05) is 4.90 Å². The van der Waals surface area contributed by atoms with Gasteiger partial charge in [0.25, 0.3) is 0 Å². The van der Waals surface area contributed by atoms with Gasteiger partial charge in [-0.2, -0.15) is 13.2 Å². The predicted octanol–water partition coefficient (Wildman–Crippen LogP) is 2.94. The highest BCUT2D eigenvalue weighted by molar-refractivity contribution is 5.99. The standard InChI is InChI=1S/C17H18F3NO3/c1-15-6-7-16(2,24-15)12-11(15)13(22)21(14(12)23)10-5-3-4-9(8-10)17(18,19)20/h3-5,8,11-13,22H,6-7H2,1-2H3/t11-,12+,13?,15?,16?/m1/s1. The maximum atomic E-state index is 13.0. The largest absolute Gasteiger partial charge is 0.416 e. The molecule has 7 heteroatoms. The maximum absolute atomic E-state index is 13.0. The summed E-state index contributed by atoms with van der Waals surface area (Å²) in [5.74, 6) is -1.32. The van der Waals surface area contributed by atoms with Crippen LogP contribution in [0.5, 0.6) is 0 Å². The van der Waals surface area contributed by atoms with Gasteiger partial charge in [0, 0.05) is 11.6 Å². The zero-order chi connectivity index (χ0) is 17.5. The van der Waals surface area contributed by atoms with Crippen LogP contribution in [0.1, 0.15) is 32.3 Å². The van der Waals surface area contributed by atoms with Crippen LogP contribution in [0.25, 0.3) is 0 Å². The minimum Gasteiger partial charge on any atom is -0.373 e. The number of benzene rings is 1. The molecule has 3 saturated heterocycles. The highest BCUT2D eigenvalue weighted by Crippen LogP contribution is 2.62. The summed E-state index contributed by atoms with van der Waals surface area (Å²) < 4.78 is 44.9. The molecule has 4 rings (SSSR count). The highest BCUT2D eigenvalue weighted by Gasteiger charge is 2.72. The number of fused-ring (bicyclic) bond motifs is 5. The van der Waals surface area contributed by atoms with Gasteiger partial charge in [0.15, 0.2) is 0 Å². The second kappa shape index (κ2) is 4.52. The van der Waals surface area contributed by atoms with Crippen LogP contribution >= 0.6 is 0 Å². The molecule has 1 amide bonds. The minimum atomic E-state index is -4.50. The van der Waals surface area contributed by atoms with Gasteiger partial charge in [-0.3, -0.25) is 9.69 Å². The van der Waals surface area contributed by atoms with Crippen molar-refractivity contribution in [3.63, 3.8) is 0 Å². The number of aliphatic hydroxyl groups is 1. The van der Waals surface area contributed by atoms with Crippen LogP contribution in [0.3, 0.4) is 0 Å². The molecule has 4 nitrogen and oxygen atoms in total. The van der Waals surface area contributed by atoms with E-state index in [1.807, 2.05) is 13.8 Å². The molecule has 2 bridgehead atoms. The van der Waals surface area contributed by atoms with E-state index >= 15 is 0 Å². The Morgan fingerprint density at radius 2 is 1.92 bits per heavy atom. The van der Waals surface area contributed by atoms with Gasteiger partial charge in [-0.25, -0.2) is 0 Å². The van der Waals surface area contributed by atoms with Crippen LogP contribution in [0.4, 0.5) is 18.9 Å². The Balaban J connectivity index is 1.76. The number of halogens is 3. The van der Waals surface area contributed by atoms with Gasteiger partial charge in [0.1, 0.15) is 6.23 Å². The quantitative estimate of drug-likeness (QED) is 0.854. The van der Waals surface area contributed by atoms with Crippen molar-refractivity contribution in [3.8, 4) is 0 Å². The number of rotatable bonds is 1. The molecular formula is C17H18F3NO3. The van der Waals surface area contributed by atoms with Gasteiger partial charge >= 0.3 is 6.18 Å². The Labute approximate surface area is 137 Å². The van der Waals surface area contributed by atoms with Gasteiger partial charge in [-0.1, -0.05) is 6.07 Å². The van der Waals surface area contributed by atoms with Crippen molar-refractivity contribution >= 4 is 11.6 Å². The van der Waals surface area contributed by atoms with Gasteiger partial charge in [0.05, 0.1) is 22.7 Å². The van der Waals surface area contributed by atoms with Crippen molar-refractivity contribution in [2.24, 2.45) is 11.8 Å². The number of alkyl halides is 3. The molecule has 1 aromatic carbocycles. The lowest BCUT2D eigenvalue weighted by Crippen LogP contribution is -2.43. The molecule has 0 radical (unpaired) electrons. The Morgan fingerprint density at radius 3 is 2.54 bits per heavy atom. The second-order valence-corrected chi connectivity index (χ2v) is 7.40. The van der Waals surface area contributed by atoms with E-state index in [0.29, 0.717) is 6.42 Å². The van der Waals surface area contributed by atoms with E-state index in [2.05, 4.69) is 0 Å². The van der Waals surface area contributed by atoms with E-state index in [1.165, 1.54) is 12.1 Å². The van der Waals surface area contributed by atoms with E-state index < -0.39 is 41.0 Å². The third-order valence-electron chi connectivity index (χ3n) is 5.85. The summed E-state index contributed by atoms with van der Waals surface area (Å²) in [6.07, 6.45) is -4.25. The fourth-order valence-corrected chi connectivity index (χ4v) is 4.77. The van der Waals surface area contributed by atoms with Crippen LogP contribution in [-0.2, 0) is 15.7 Å². The molecule has 24 heavy (non-hydrogen) atoms. The Kier molecular flexibility index (Phi) is 2.99. The topological polar surface area (TPSA) is 49.8 Å². The minimum absolute atomic E-state index is 0.0725. The molecule has 1 N–H and O–H groups in total. The second-order valence-electron chi connectivity index (χ2n) is 7.40. The van der Waals surface area contributed by atoms with Crippen molar-refractivity contribution in [3.05, 3.63) is 29.8 Å². The molecule has 3 aliphatic rings. The molecule has 0 aliphatic carbocycles. The number of carbonyl (C=O) groups excluding carboxylic acids is 1. The summed E-state index contributed by atoms with van der Waals surface area (Å²) in [7, 11) is 0. The number of carbonyl (C=O) groups is 1. The van der Waals surface area contributed by atoms with Crippen LogP contribution in [0.15, 0.2) is 24.3 Å². The SMILES string of the molecule is CC12CCC(C)(O1)[C@H]1C(O)N(c3cccc(C(F)(F)F)c3)C(=O)[C@H]12. The molecule has 3 unspecified atom stereocenters. The van der Waals surface area contributed by atoms with Gasteiger partial charge in [-0.05, 0) is 44.9 Å². The van der Waals surface area contributed by atoms with E-state index in [9.17, 15) is 23.1 Å². The third kappa shape index (κ3) is 1.91. The summed E-state index contributed by atoms with van der Waals surface area (Å²) in [5, 5.41) is 10.7. The summed E-state index contributed by atoms with van der Waals surface area (Å²) in [5.41, 5.74) is -2.05. The maximum Gasteiger partial charge on any atom is 0.416 e. The first-order chi connectivity index (χ1) is 11.1. The van der Waals surface area contributed by atoms with E-state index in [1.54, 1.807) is 0 Å². The number of ether oxygens (including phenoxy) is 1. The summed E-state index contributed by atoms with van der Waals surface area (Å²) >= 11 is 0. The Morgan fingerprint density at radius 1 is 1.25 bits per heavy atom. The normalized spacial score (nSPS) is 41.2. The molecular weight excluding hydrogens is 323 g/mol. The summed E-state index contributed by atoms with van der Waals surface area (Å²) in [4.78, 5) is 14.0. The first-order valence-corrected chi connectivity index (χ1v) is 7.95. The summed E-state index contributed by atoms with van der Waals surface area (Å²) in [6.45, 7) is 3.72. The number of nitrogens with zero attached hydrogens (tertiary/aromatic N) is 1. The number of amides is 1. The fourth-order valence-electron chi connectivity index (χ4n) is 4.77. The molecule has 3 heterocycles. The number of hydrogen-bond acceptors (Lipinski definition) is 3. The van der Waals surface area contributed by atoms with Crippen LogP contribution in [-0.4, -0.2) is 28.4 Å². The van der Waals surface area contributed by atoms with E-state index in [4.69, 9.17) is 4.74 Å². The van der Waals surface area contributed by atoms with Crippen LogP contribution in [0, 0.1) is 11.8 Å². The zero-order valence-corrected chi connectivity index (χ0v) is 13.3. The molecule has 3 aliphatic heterocycles. The first-order valence-electron chi connectivity index (χ1n) is 7.95. The molecule has 0 saturated carbocycles. The van der Waals surface area contributed by atoms with Crippen LogP contribution < -0.4 is 4.90 Å². The van der Waals surface area contributed by atoms with Crippen molar-refractivity contribution in [2.45, 2.75) is 50.3 Å². The smallest absolute Gasteiger partial charge is 0.373 e. The van der Waals surface area contributed by atoms with Crippen molar-refractivity contribution in [1.29, 1.82) is 0 Å². The predicted molar refractivity (Wildman–Crippen MR) is 79.0 cm³/mol. The monoisotopic (exact) mass is 341 g/mol. The van der Waals surface area contributed by atoms with Crippen LogP contribution in [0.2, 0.25) is 0 Å². The lowest BCUT2D eigenvalue weighted by atomic mass is 9.69.